The molecule has 3 heteroatoms. The van der Waals surface area contributed by atoms with Gasteiger partial charge in [0.25, 0.3) is 0 Å². The molecule has 0 amide bonds. The molecule has 0 aromatic carbocycles. The van der Waals surface area contributed by atoms with Crippen molar-refractivity contribution >= 4 is 11.6 Å². The number of aromatic nitrogens is 1. The fourth-order valence-electron chi connectivity index (χ4n) is 2.19. The Hall–Kier alpha value is -0.600. The molecule has 1 aliphatic rings. The van der Waals surface area contributed by atoms with Gasteiger partial charge in [0, 0.05) is 18.6 Å². The maximum absolute atomic E-state index is 5.88. The van der Waals surface area contributed by atoms with Crippen molar-refractivity contribution < 1.29 is 0 Å². The normalized spacial score (nSPS) is 18.9. The minimum absolute atomic E-state index is 0.725. The molecule has 0 N–H and O–H groups in total. The Morgan fingerprint density at radius 2 is 2.19 bits per heavy atom. The van der Waals surface area contributed by atoms with Gasteiger partial charge in [0.1, 0.15) is 0 Å². The Balaban J connectivity index is 1.89. The predicted octanol–water partition coefficient (Wildman–Crippen LogP) is 2.84. The van der Waals surface area contributed by atoms with Crippen LogP contribution in [0, 0.1) is 12.8 Å². The van der Waals surface area contributed by atoms with Gasteiger partial charge in [-0.2, -0.15) is 0 Å². The maximum atomic E-state index is 5.88. The van der Waals surface area contributed by atoms with Crippen LogP contribution in [-0.2, 0) is 6.54 Å². The molecular weight excluding hydrogens is 220 g/mol. The van der Waals surface area contributed by atoms with E-state index in [2.05, 4.69) is 22.9 Å². The van der Waals surface area contributed by atoms with E-state index in [1.54, 1.807) is 0 Å². The van der Waals surface area contributed by atoms with Crippen molar-refractivity contribution in [3.63, 3.8) is 0 Å². The summed E-state index contributed by atoms with van der Waals surface area (Å²) in [5.41, 5.74) is 2.51. The summed E-state index contributed by atoms with van der Waals surface area (Å²) in [6.07, 6.45) is 4.35. The molecule has 1 aromatic rings. The number of aryl methyl sites for hydroxylation is 1. The van der Waals surface area contributed by atoms with Crippen LogP contribution in [0.2, 0.25) is 0 Å². The molecular formula is C13H19ClN2. The second kappa shape index (κ2) is 5.65. The molecule has 16 heavy (non-hydrogen) atoms. The number of nitrogens with zero attached hydrogens (tertiary/aromatic N) is 2. The third-order valence-electron chi connectivity index (χ3n) is 3.42. The van der Waals surface area contributed by atoms with Gasteiger partial charge in [-0.3, -0.25) is 9.88 Å². The third kappa shape index (κ3) is 2.96. The molecule has 1 aliphatic heterocycles. The lowest BCUT2D eigenvalue weighted by Gasteiger charge is -2.30. The van der Waals surface area contributed by atoms with Crippen LogP contribution >= 0.6 is 11.6 Å². The highest BCUT2D eigenvalue weighted by Gasteiger charge is 2.18. The van der Waals surface area contributed by atoms with E-state index in [4.69, 9.17) is 11.6 Å². The molecule has 0 unspecified atom stereocenters. The summed E-state index contributed by atoms with van der Waals surface area (Å²) < 4.78 is 0. The van der Waals surface area contributed by atoms with Crippen LogP contribution in [0.3, 0.4) is 0 Å². The molecule has 2 rings (SSSR count). The summed E-state index contributed by atoms with van der Waals surface area (Å²) >= 11 is 5.88. The minimum atomic E-state index is 0.725. The molecule has 0 radical (unpaired) electrons. The first-order valence-electron chi connectivity index (χ1n) is 5.98. The van der Waals surface area contributed by atoms with Crippen LogP contribution in [-0.4, -0.2) is 28.9 Å². The fraction of sp³-hybridized carbons (Fsp3) is 0.615. The Morgan fingerprint density at radius 3 is 2.81 bits per heavy atom. The molecule has 2 nitrogen and oxygen atoms in total. The lowest BCUT2D eigenvalue weighted by Crippen LogP contribution is -2.34. The highest BCUT2D eigenvalue weighted by atomic mass is 35.5. The zero-order chi connectivity index (χ0) is 11.4. The molecule has 0 saturated carbocycles. The monoisotopic (exact) mass is 238 g/mol. The summed E-state index contributed by atoms with van der Waals surface area (Å²) in [4.78, 5) is 6.93. The zero-order valence-corrected chi connectivity index (χ0v) is 10.6. The van der Waals surface area contributed by atoms with E-state index in [1.807, 2.05) is 12.3 Å². The van der Waals surface area contributed by atoms with E-state index in [1.165, 1.54) is 24.1 Å². The lowest BCUT2D eigenvalue weighted by molar-refractivity contribution is 0.184. The van der Waals surface area contributed by atoms with Gasteiger partial charge in [-0.05, 0) is 50.4 Å². The maximum Gasteiger partial charge on any atom is 0.0573 e. The van der Waals surface area contributed by atoms with Crippen molar-refractivity contribution in [1.82, 2.24) is 9.88 Å². The van der Waals surface area contributed by atoms with Crippen molar-refractivity contribution in [2.75, 3.05) is 19.0 Å². The van der Waals surface area contributed by atoms with Crippen molar-refractivity contribution in [2.24, 2.45) is 5.92 Å². The van der Waals surface area contributed by atoms with Crippen molar-refractivity contribution in [1.29, 1.82) is 0 Å². The smallest absolute Gasteiger partial charge is 0.0573 e. The van der Waals surface area contributed by atoms with E-state index in [9.17, 15) is 0 Å². The van der Waals surface area contributed by atoms with E-state index in [-0.39, 0.29) is 0 Å². The Kier molecular flexibility index (Phi) is 4.19. The van der Waals surface area contributed by atoms with E-state index in [0.717, 1.165) is 31.4 Å². The van der Waals surface area contributed by atoms with Crippen LogP contribution < -0.4 is 0 Å². The summed E-state index contributed by atoms with van der Waals surface area (Å²) in [6.45, 7) is 5.44. The van der Waals surface area contributed by atoms with Crippen LogP contribution in [0.4, 0.5) is 0 Å². The Morgan fingerprint density at radius 1 is 1.44 bits per heavy atom. The molecule has 0 atom stereocenters. The molecule has 0 aliphatic carbocycles. The van der Waals surface area contributed by atoms with Crippen LogP contribution in [0.1, 0.15) is 24.1 Å². The molecule has 2 heterocycles. The van der Waals surface area contributed by atoms with E-state index >= 15 is 0 Å². The first-order chi connectivity index (χ1) is 7.79. The SMILES string of the molecule is Cc1cccnc1CN1CCC(CCl)CC1. The summed E-state index contributed by atoms with van der Waals surface area (Å²) in [5, 5.41) is 0. The van der Waals surface area contributed by atoms with Crippen LogP contribution in [0.25, 0.3) is 0 Å². The van der Waals surface area contributed by atoms with Crippen molar-refractivity contribution in [3.8, 4) is 0 Å². The van der Waals surface area contributed by atoms with E-state index in [0.29, 0.717) is 0 Å². The summed E-state index contributed by atoms with van der Waals surface area (Å²) in [7, 11) is 0. The number of likely N-dealkylation sites (tertiary alicyclic amines) is 1. The van der Waals surface area contributed by atoms with Gasteiger partial charge in [-0.25, -0.2) is 0 Å². The molecule has 1 saturated heterocycles. The fourth-order valence-corrected chi connectivity index (χ4v) is 2.50. The van der Waals surface area contributed by atoms with Gasteiger partial charge in [-0.15, -0.1) is 11.6 Å². The minimum Gasteiger partial charge on any atom is -0.297 e. The largest absolute Gasteiger partial charge is 0.297 e. The number of pyridine rings is 1. The van der Waals surface area contributed by atoms with Crippen molar-refractivity contribution in [2.45, 2.75) is 26.3 Å². The number of alkyl halides is 1. The van der Waals surface area contributed by atoms with Gasteiger partial charge in [-0.1, -0.05) is 6.07 Å². The standard InChI is InChI=1S/C13H19ClN2/c1-11-3-2-6-15-13(11)10-16-7-4-12(9-14)5-8-16/h2-3,6,12H,4-5,7-10H2,1H3. The number of rotatable bonds is 3. The Labute approximate surface area is 103 Å². The first-order valence-corrected chi connectivity index (χ1v) is 6.52. The average molecular weight is 239 g/mol. The molecule has 1 fully saturated rings. The average Bonchev–Trinajstić information content (AvgIpc) is 2.33. The highest BCUT2D eigenvalue weighted by Crippen LogP contribution is 2.20. The van der Waals surface area contributed by atoms with Crippen molar-refractivity contribution in [3.05, 3.63) is 29.6 Å². The molecule has 0 spiro atoms. The van der Waals surface area contributed by atoms with Gasteiger partial charge >= 0.3 is 0 Å². The van der Waals surface area contributed by atoms with E-state index < -0.39 is 0 Å². The first kappa shape index (κ1) is 11.9. The molecule has 0 bridgehead atoms. The topological polar surface area (TPSA) is 16.1 Å². The second-order valence-corrected chi connectivity index (χ2v) is 4.95. The third-order valence-corrected chi connectivity index (χ3v) is 3.85. The second-order valence-electron chi connectivity index (χ2n) is 4.64. The number of halogens is 1. The van der Waals surface area contributed by atoms with Gasteiger partial charge in [0.05, 0.1) is 5.69 Å². The molecule has 1 aromatic heterocycles. The quantitative estimate of drug-likeness (QED) is 0.753. The predicted molar refractivity (Wildman–Crippen MR) is 67.7 cm³/mol. The highest BCUT2D eigenvalue weighted by molar-refractivity contribution is 6.18. The van der Waals surface area contributed by atoms with Crippen LogP contribution in [0.15, 0.2) is 18.3 Å². The lowest BCUT2D eigenvalue weighted by atomic mass is 9.99. The van der Waals surface area contributed by atoms with Crippen LogP contribution in [0.5, 0.6) is 0 Å². The van der Waals surface area contributed by atoms with Gasteiger partial charge in [0.2, 0.25) is 0 Å². The number of hydrogen-bond donors (Lipinski definition) is 0. The number of hydrogen-bond acceptors (Lipinski definition) is 2. The number of piperidine rings is 1. The van der Waals surface area contributed by atoms with Gasteiger partial charge < -0.3 is 0 Å². The Bertz CT molecular complexity index is 332. The molecule has 88 valence electrons. The zero-order valence-electron chi connectivity index (χ0n) is 9.82. The van der Waals surface area contributed by atoms with Gasteiger partial charge in [0.15, 0.2) is 0 Å². The summed E-state index contributed by atoms with van der Waals surface area (Å²) in [6, 6.07) is 4.13. The summed E-state index contributed by atoms with van der Waals surface area (Å²) in [5.74, 6) is 1.54.